The van der Waals surface area contributed by atoms with E-state index in [9.17, 15) is 19.7 Å². The van der Waals surface area contributed by atoms with Crippen molar-refractivity contribution in [3.05, 3.63) is 63.7 Å². The summed E-state index contributed by atoms with van der Waals surface area (Å²) in [5.74, 6) is -0.747. The first-order valence-electron chi connectivity index (χ1n) is 8.01. The van der Waals surface area contributed by atoms with Crippen LogP contribution in [0.5, 0.6) is 5.75 Å². The molecular formula is C18H18ClN3O5. The third-order valence-corrected chi connectivity index (χ3v) is 3.89. The highest BCUT2D eigenvalue weighted by atomic mass is 35.5. The number of carbonyl (C=O) groups excluding carboxylic acids is 2. The summed E-state index contributed by atoms with van der Waals surface area (Å²) in [6.07, 6.45) is 0. The van der Waals surface area contributed by atoms with E-state index in [-0.39, 0.29) is 28.3 Å². The van der Waals surface area contributed by atoms with Crippen LogP contribution < -0.4 is 9.90 Å². The van der Waals surface area contributed by atoms with Crippen molar-refractivity contribution in [3.63, 3.8) is 0 Å². The van der Waals surface area contributed by atoms with Crippen molar-refractivity contribution >= 4 is 34.9 Å². The molecule has 0 aliphatic carbocycles. The van der Waals surface area contributed by atoms with E-state index in [0.717, 1.165) is 16.0 Å². The van der Waals surface area contributed by atoms with Gasteiger partial charge in [-0.25, -0.2) is 4.79 Å². The Labute approximate surface area is 161 Å². The topological polar surface area (TPSA) is 93.0 Å². The second kappa shape index (κ2) is 8.50. The summed E-state index contributed by atoms with van der Waals surface area (Å²) in [6, 6.07) is 11.3. The Hall–Kier alpha value is -3.13. The molecule has 0 aliphatic rings. The zero-order chi connectivity index (χ0) is 20.1. The van der Waals surface area contributed by atoms with Crippen LogP contribution in [0.25, 0.3) is 0 Å². The average molecular weight is 392 g/mol. The van der Waals surface area contributed by atoms with Crippen LogP contribution in [0.1, 0.15) is 13.8 Å². The van der Waals surface area contributed by atoms with Gasteiger partial charge in [0.2, 0.25) is 5.91 Å². The average Bonchev–Trinajstić information content (AvgIpc) is 2.65. The monoisotopic (exact) mass is 391 g/mol. The summed E-state index contributed by atoms with van der Waals surface area (Å²) < 4.78 is 0. The van der Waals surface area contributed by atoms with E-state index in [4.69, 9.17) is 16.4 Å². The molecule has 0 saturated heterocycles. The van der Waals surface area contributed by atoms with Crippen LogP contribution >= 0.6 is 11.6 Å². The van der Waals surface area contributed by atoms with Gasteiger partial charge in [-0.2, -0.15) is 0 Å². The minimum Gasteiger partial charge on any atom is -0.369 e. The fourth-order valence-corrected chi connectivity index (χ4v) is 2.37. The molecule has 2 aromatic carbocycles. The van der Waals surface area contributed by atoms with E-state index in [2.05, 4.69) is 0 Å². The number of nitro benzene ring substituents is 1. The Morgan fingerprint density at radius 3 is 2.30 bits per heavy atom. The van der Waals surface area contributed by atoms with Gasteiger partial charge in [-0.3, -0.25) is 19.8 Å². The second-order valence-electron chi connectivity index (χ2n) is 5.93. The molecule has 0 spiro atoms. The number of anilines is 1. The van der Waals surface area contributed by atoms with E-state index in [1.165, 1.54) is 19.2 Å². The Morgan fingerprint density at radius 1 is 1.15 bits per heavy atom. The normalized spacial score (nSPS) is 10.4. The number of non-ortho nitro benzene ring substituents is 1. The van der Waals surface area contributed by atoms with Gasteiger partial charge in [0.05, 0.1) is 15.6 Å². The molecule has 142 valence electrons. The lowest BCUT2D eigenvalue weighted by molar-refractivity contribution is -0.384. The molecule has 2 aromatic rings. The fourth-order valence-electron chi connectivity index (χ4n) is 2.16. The maximum atomic E-state index is 12.8. The molecule has 0 N–H and O–H groups in total. The van der Waals surface area contributed by atoms with Crippen molar-refractivity contribution in [3.8, 4) is 5.75 Å². The molecule has 8 nitrogen and oxygen atoms in total. The lowest BCUT2D eigenvalue weighted by atomic mass is 10.2. The van der Waals surface area contributed by atoms with Crippen LogP contribution in [0.2, 0.25) is 5.02 Å². The standard InChI is InChI=1S/C18H18ClN3O5/c1-12(2)17(23)20(3)18(24)21(13-7-5-4-6-8-13)27-16-10-9-14(22(25)26)11-15(16)19/h4-12H,1-3H3. The van der Waals surface area contributed by atoms with Crippen molar-refractivity contribution in [2.75, 3.05) is 12.1 Å². The summed E-state index contributed by atoms with van der Waals surface area (Å²) in [6.45, 7) is 3.35. The lowest BCUT2D eigenvalue weighted by Crippen LogP contribution is -2.47. The molecule has 0 fully saturated rings. The summed E-state index contributed by atoms with van der Waals surface area (Å²) in [5.41, 5.74) is 0.150. The maximum Gasteiger partial charge on any atom is 0.364 e. The number of nitrogens with zero attached hydrogens (tertiary/aromatic N) is 3. The van der Waals surface area contributed by atoms with E-state index in [1.807, 2.05) is 0 Å². The van der Waals surface area contributed by atoms with Crippen molar-refractivity contribution in [1.29, 1.82) is 0 Å². The molecule has 9 heteroatoms. The number of urea groups is 1. The van der Waals surface area contributed by atoms with Crippen LogP contribution in [-0.2, 0) is 4.79 Å². The third-order valence-electron chi connectivity index (χ3n) is 3.59. The number of halogens is 1. The molecule has 0 unspecified atom stereocenters. The maximum absolute atomic E-state index is 12.8. The van der Waals surface area contributed by atoms with E-state index in [0.29, 0.717) is 5.69 Å². The van der Waals surface area contributed by atoms with Gasteiger partial charge in [0, 0.05) is 25.1 Å². The van der Waals surface area contributed by atoms with E-state index < -0.39 is 11.0 Å². The molecule has 0 atom stereocenters. The number of imide groups is 1. The number of hydrogen-bond acceptors (Lipinski definition) is 5. The van der Waals surface area contributed by atoms with Crippen molar-refractivity contribution in [1.82, 2.24) is 4.90 Å². The van der Waals surface area contributed by atoms with Gasteiger partial charge in [-0.05, 0) is 18.2 Å². The predicted molar refractivity (Wildman–Crippen MR) is 101 cm³/mol. The summed E-state index contributed by atoms with van der Waals surface area (Å²) in [4.78, 5) is 41.8. The molecule has 0 radical (unpaired) electrons. The highest BCUT2D eigenvalue weighted by Gasteiger charge is 2.28. The van der Waals surface area contributed by atoms with Crippen LogP contribution in [-0.4, -0.2) is 28.8 Å². The zero-order valence-corrected chi connectivity index (χ0v) is 15.7. The number of hydrogen-bond donors (Lipinski definition) is 0. The van der Waals surface area contributed by atoms with Crippen LogP contribution in [0, 0.1) is 16.0 Å². The molecule has 0 aliphatic heterocycles. The van der Waals surface area contributed by atoms with Crippen molar-refractivity contribution in [2.24, 2.45) is 5.92 Å². The zero-order valence-electron chi connectivity index (χ0n) is 15.0. The molecule has 3 amide bonds. The lowest BCUT2D eigenvalue weighted by Gasteiger charge is -2.27. The van der Waals surface area contributed by atoms with Crippen LogP contribution in [0.4, 0.5) is 16.2 Å². The minimum atomic E-state index is -0.727. The molecule has 0 saturated carbocycles. The number of amides is 3. The predicted octanol–water partition coefficient (Wildman–Crippen LogP) is 4.28. The van der Waals surface area contributed by atoms with Crippen molar-refractivity contribution in [2.45, 2.75) is 13.8 Å². The van der Waals surface area contributed by atoms with Gasteiger partial charge in [0.25, 0.3) is 5.69 Å². The van der Waals surface area contributed by atoms with Gasteiger partial charge < -0.3 is 4.84 Å². The number of para-hydroxylation sites is 1. The van der Waals surface area contributed by atoms with Crippen LogP contribution in [0.15, 0.2) is 48.5 Å². The van der Waals surface area contributed by atoms with Gasteiger partial charge in [-0.15, -0.1) is 5.06 Å². The first-order chi connectivity index (χ1) is 12.7. The Kier molecular flexibility index (Phi) is 6.36. The molecule has 2 rings (SSSR count). The summed E-state index contributed by atoms with van der Waals surface area (Å²) in [7, 11) is 1.35. The van der Waals surface area contributed by atoms with Gasteiger partial charge in [0.15, 0.2) is 5.75 Å². The second-order valence-corrected chi connectivity index (χ2v) is 6.33. The highest BCUT2D eigenvalue weighted by molar-refractivity contribution is 6.32. The SMILES string of the molecule is CC(C)C(=O)N(C)C(=O)N(Oc1ccc([N+](=O)[O-])cc1Cl)c1ccccc1. The largest absolute Gasteiger partial charge is 0.369 e. The van der Waals surface area contributed by atoms with Gasteiger partial charge in [0.1, 0.15) is 0 Å². The Bertz CT molecular complexity index is 857. The molecule has 0 bridgehead atoms. The van der Waals surface area contributed by atoms with Gasteiger partial charge >= 0.3 is 6.03 Å². The number of benzene rings is 2. The highest BCUT2D eigenvalue weighted by Crippen LogP contribution is 2.30. The van der Waals surface area contributed by atoms with E-state index >= 15 is 0 Å². The molecule has 27 heavy (non-hydrogen) atoms. The number of carbonyl (C=O) groups is 2. The number of rotatable bonds is 5. The van der Waals surface area contributed by atoms with E-state index in [1.54, 1.807) is 44.2 Å². The molecular weight excluding hydrogens is 374 g/mol. The summed E-state index contributed by atoms with van der Waals surface area (Å²) in [5, 5.41) is 11.7. The number of hydroxylamine groups is 1. The first-order valence-corrected chi connectivity index (χ1v) is 8.38. The minimum absolute atomic E-state index is 0.0323. The quantitative estimate of drug-likeness (QED) is 0.560. The Morgan fingerprint density at radius 2 is 1.78 bits per heavy atom. The molecule has 0 aromatic heterocycles. The Balaban J connectivity index is 2.38. The fraction of sp³-hybridized carbons (Fsp3) is 0.222. The molecule has 0 heterocycles. The summed E-state index contributed by atoms with van der Waals surface area (Å²) >= 11 is 6.05. The van der Waals surface area contributed by atoms with Crippen LogP contribution in [0.3, 0.4) is 0 Å². The number of nitro groups is 1. The van der Waals surface area contributed by atoms with Gasteiger partial charge in [-0.1, -0.05) is 43.6 Å². The smallest absolute Gasteiger partial charge is 0.364 e. The van der Waals surface area contributed by atoms with Crippen molar-refractivity contribution < 1.29 is 19.3 Å². The third kappa shape index (κ3) is 4.73. The first kappa shape index (κ1) is 20.2.